The first-order valence-electron chi connectivity index (χ1n) is 9.78. The lowest BCUT2D eigenvalue weighted by molar-refractivity contribution is -0.159. The zero-order chi connectivity index (χ0) is 23.5. The van der Waals surface area contributed by atoms with E-state index in [2.05, 4.69) is 10.6 Å². The van der Waals surface area contributed by atoms with Crippen molar-refractivity contribution in [1.82, 2.24) is 10.6 Å². The number of amides is 3. The molecule has 0 spiro atoms. The summed E-state index contributed by atoms with van der Waals surface area (Å²) in [5.74, 6) is -3.17. The molecule has 1 aliphatic carbocycles. The van der Waals surface area contributed by atoms with Gasteiger partial charge in [-0.2, -0.15) is 0 Å². The van der Waals surface area contributed by atoms with E-state index < -0.39 is 66.3 Å². The molecule has 31 heavy (non-hydrogen) atoms. The summed E-state index contributed by atoms with van der Waals surface area (Å²) in [7, 11) is 0. The van der Waals surface area contributed by atoms with Crippen molar-refractivity contribution in [3.8, 4) is 0 Å². The standard InChI is InChI=1S/C20H27ClFN3O6/c1-9(2)5-13(17(23)28)25-19(30)20(31)7-14(16(27)15(26)8-20)24-18(29)10-3-4-12(22)11(21)6-10/h3-4,6,9,13-16,26-27,31H,5,7-8H2,1-2H3,(H2,23,28)(H,24,29)(H,25,30)/t13-,14+,15-,16-,20+/m1/s1. The molecule has 0 unspecified atom stereocenters. The van der Waals surface area contributed by atoms with Crippen molar-refractivity contribution < 1.29 is 34.1 Å². The first-order chi connectivity index (χ1) is 14.3. The van der Waals surface area contributed by atoms with Gasteiger partial charge in [-0.25, -0.2) is 4.39 Å². The quantitative estimate of drug-likeness (QED) is 0.332. The molecule has 172 valence electrons. The number of primary amides is 1. The van der Waals surface area contributed by atoms with Gasteiger partial charge in [-0.3, -0.25) is 14.4 Å². The van der Waals surface area contributed by atoms with Crippen molar-refractivity contribution in [2.45, 2.75) is 63.0 Å². The second-order valence-electron chi connectivity index (χ2n) is 8.26. The van der Waals surface area contributed by atoms with Crippen molar-refractivity contribution in [2.75, 3.05) is 0 Å². The van der Waals surface area contributed by atoms with Crippen LogP contribution in [0.15, 0.2) is 18.2 Å². The third-order valence-electron chi connectivity index (χ3n) is 5.19. The molecule has 1 fully saturated rings. The Morgan fingerprint density at radius 3 is 2.48 bits per heavy atom. The van der Waals surface area contributed by atoms with E-state index in [1.807, 2.05) is 13.8 Å². The lowest BCUT2D eigenvalue weighted by atomic mass is 9.77. The topological polar surface area (TPSA) is 162 Å². The molecule has 3 amide bonds. The van der Waals surface area contributed by atoms with Crippen LogP contribution in [0, 0.1) is 11.7 Å². The van der Waals surface area contributed by atoms with Crippen LogP contribution >= 0.6 is 11.6 Å². The molecule has 0 heterocycles. The number of nitrogens with one attached hydrogen (secondary N) is 2. The Balaban J connectivity index is 2.17. The predicted molar refractivity (Wildman–Crippen MR) is 109 cm³/mol. The highest BCUT2D eigenvalue weighted by Crippen LogP contribution is 2.30. The monoisotopic (exact) mass is 459 g/mol. The van der Waals surface area contributed by atoms with E-state index in [-0.39, 0.29) is 22.9 Å². The Morgan fingerprint density at radius 1 is 1.29 bits per heavy atom. The second-order valence-corrected chi connectivity index (χ2v) is 8.67. The van der Waals surface area contributed by atoms with Gasteiger partial charge in [0, 0.05) is 18.4 Å². The van der Waals surface area contributed by atoms with Gasteiger partial charge in [0.2, 0.25) is 5.91 Å². The second kappa shape index (κ2) is 9.90. The SMILES string of the molecule is CC(C)C[C@@H](NC(=O)[C@@]1(O)C[C@@H](O)[C@H](O)[C@@H](NC(=O)c2ccc(F)c(Cl)c2)C1)C(N)=O. The minimum atomic E-state index is -2.18. The minimum absolute atomic E-state index is 0.0163. The highest BCUT2D eigenvalue weighted by molar-refractivity contribution is 6.31. The smallest absolute Gasteiger partial charge is 0.252 e. The summed E-state index contributed by atoms with van der Waals surface area (Å²) in [5.41, 5.74) is 3.12. The molecule has 0 saturated heterocycles. The van der Waals surface area contributed by atoms with E-state index >= 15 is 0 Å². The number of hydrogen-bond acceptors (Lipinski definition) is 6. The van der Waals surface area contributed by atoms with Gasteiger partial charge in [-0.1, -0.05) is 25.4 Å². The van der Waals surface area contributed by atoms with E-state index in [1.54, 1.807) is 0 Å². The van der Waals surface area contributed by atoms with Crippen molar-refractivity contribution in [3.63, 3.8) is 0 Å². The largest absolute Gasteiger partial charge is 0.390 e. The zero-order valence-electron chi connectivity index (χ0n) is 17.1. The average Bonchev–Trinajstić information content (AvgIpc) is 2.66. The van der Waals surface area contributed by atoms with E-state index in [0.717, 1.165) is 12.1 Å². The van der Waals surface area contributed by atoms with Gasteiger partial charge in [0.15, 0.2) is 0 Å². The number of carbonyl (C=O) groups is 3. The third-order valence-corrected chi connectivity index (χ3v) is 5.48. The fourth-order valence-corrected chi connectivity index (χ4v) is 3.70. The van der Waals surface area contributed by atoms with Crippen LogP contribution in [-0.2, 0) is 9.59 Å². The summed E-state index contributed by atoms with van der Waals surface area (Å²) in [6.45, 7) is 3.65. The van der Waals surface area contributed by atoms with Crippen LogP contribution in [0.5, 0.6) is 0 Å². The number of nitrogens with two attached hydrogens (primary N) is 1. The Hall–Kier alpha value is -2.27. The maximum atomic E-state index is 13.3. The minimum Gasteiger partial charge on any atom is -0.390 e. The highest BCUT2D eigenvalue weighted by atomic mass is 35.5. The van der Waals surface area contributed by atoms with Crippen LogP contribution in [0.4, 0.5) is 4.39 Å². The number of hydrogen-bond donors (Lipinski definition) is 6. The fraction of sp³-hybridized carbons (Fsp3) is 0.550. The first-order valence-corrected chi connectivity index (χ1v) is 10.2. The maximum Gasteiger partial charge on any atom is 0.252 e. The molecular formula is C20H27ClFN3O6. The summed E-state index contributed by atoms with van der Waals surface area (Å²) >= 11 is 5.67. The summed E-state index contributed by atoms with van der Waals surface area (Å²) < 4.78 is 13.3. The summed E-state index contributed by atoms with van der Waals surface area (Å²) in [6.07, 6.45) is -3.72. The zero-order valence-corrected chi connectivity index (χ0v) is 17.9. The van der Waals surface area contributed by atoms with E-state index in [0.29, 0.717) is 0 Å². The normalized spacial score (nSPS) is 26.9. The molecular weight excluding hydrogens is 433 g/mol. The van der Waals surface area contributed by atoms with Gasteiger partial charge in [-0.15, -0.1) is 0 Å². The van der Waals surface area contributed by atoms with Crippen molar-refractivity contribution in [1.29, 1.82) is 0 Å². The molecule has 0 aromatic heterocycles. The number of aliphatic hydroxyl groups is 3. The Morgan fingerprint density at radius 2 is 1.94 bits per heavy atom. The molecule has 9 nitrogen and oxygen atoms in total. The van der Waals surface area contributed by atoms with Gasteiger partial charge >= 0.3 is 0 Å². The molecule has 0 radical (unpaired) electrons. The van der Waals surface area contributed by atoms with Crippen LogP contribution in [0.1, 0.15) is 43.5 Å². The molecule has 1 aliphatic rings. The van der Waals surface area contributed by atoms with Gasteiger partial charge < -0.3 is 31.7 Å². The Bertz CT molecular complexity index is 854. The molecule has 7 N–H and O–H groups in total. The number of benzene rings is 1. The molecule has 1 saturated carbocycles. The summed E-state index contributed by atoms with van der Waals surface area (Å²) in [4.78, 5) is 36.8. The molecule has 1 aromatic carbocycles. The summed E-state index contributed by atoms with van der Waals surface area (Å²) in [5, 5.41) is 35.8. The predicted octanol–water partition coefficient (Wildman–Crippen LogP) is -0.160. The van der Waals surface area contributed by atoms with Crippen molar-refractivity contribution in [3.05, 3.63) is 34.6 Å². The van der Waals surface area contributed by atoms with Crippen molar-refractivity contribution >= 4 is 29.3 Å². The van der Waals surface area contributed by atoms with Gasteiger partial charge in [0.25, 0.3) is 11.8 Å². The van der Waals surface area contributed by atoms with Crippen LogP contribution in [-0.4, -0.2) is 62.9 Å². The molecule has 11 heteroatoms. The lowest BCUT2D eigenvalue weighted by Gasteiger charge is -2.41. The number of aliphatic hydroxyl groups excluding tert-OH is 2. The maximum absolute atomic E-state index is 13.3. The van der Waals surface area contributed by atoms with E-state index in [1.165, 1.54) is 6.07 Å². The molecule has 2 rings (SSSR count). The summed E-state index contributed by atoms with van der Waals surface area (Å²) in [6, 6.07) is 0.999. The van der Waals surface area contributed by atoms with Gasteiger partial charge in [0.1, 0.15) is 23.6 Å². The van der Waals surface area contributed by atoms with Crippen LogP contribution < -0.4 is 16.4 Å². The first kappa shape index (κ1) is 25.0. The molecule has 0 aliphatic heterocycles. The molecule has 5 atom stereocenters. The fourth-order valence-electron chi connectivity index (χ4n) is 3.52. The van der Waals surface area contributed by atoms with E-state index in [4.69, 9.17) is 17.3 Å². The molecule has 1 aromatic rings. The van der Waals surface area contributed by atoms with Crippen LogP contribution in [0.2, 0.25) is 5.02 Å². The van der Waals surface area contributed by atoms with Gasteiger partial charge in [0.05, 0.1) is 17.2 Å². The van der Waals surface area contributed by atoms with Gasteiger partial charge in [-0.05, 0) is 30.5 Å². The van der Waals surface area contributed by atoms with E-state index in [9.17, 15) is 34.1 Å². The van der Waals surface area contributed by atoms with Crippen LogP contribution in [0.3, 0.4) is 0 Å². The van der Waals surface area contributed by atoms with Crippen molar-refractivity contribution in [2.24, 2.45) is 11.7 Å². The number of rotatable bonds is 7. The Kier molecular flexibility index (Phi) is 7.98. The van der Waals surface area contributed by atoms with Crippen LogP contribution in [0.25, 0.3) is 0 Å². The Labute approximate surface area is 183 Å². The number of carbonyl (C=O) groups excluding carboxylic acids is 3. The lowest BCUT2D eigenvalue weighted by Crippen LogP contribution is -2.64. The molecule has 0 bridgehead atoms. The average molecular weight is 460 g/mol. The highest BCUT2D eigenvalue weighted by Gasteiger charge is 2.49. The number of halogens is 2. The third kappa shape index (κ3) is 6.13.